The summed E-state index contributed by atoms with van der Waals surface area (Å²) in [7, 11) is 0. The Morgan fingerprint density at radius 2 is 1.80 bits per heavy atom. The first-order valence-electron chi connectivity index (χ1n) is 4.86. The van der Waals surface area contributed by atoms with Gasteiger partial charge >= 0.3 is 6.61 Å². The monoisotopic (exact) mass is 214 g/mol. The van der Waals surface area contributed by atoms with Crippen molar-refractivity contribution in [3.8, 4) is 5.75 Å². The molecule has 0 aliphatic heterocycles. The Balaban J connectivity index is 2.98. The zero-order valence-corrected chi connectivity index (χ0v) is 9.47. The van der Waals surface area contributed by atoms with Crippen molar-refractivity contribution in [2.45, 2.75) is 39.7 Å². The number of aryl methyl sites for hydroxylation is 1. The van der Waals surface area contributed by atoms with Gasteiger partial charge in [0, 0.05) is 0 Å². The summed E-state index contributed by atoms with van der Waals surface area (Å²) in [5.41, 5.74) is 1.87. The van der Waals surface area contributed by atoms with Gasteiger partial charge in [-0.3, -0.25) is 0 Å². The Bertz CT molecular complexity index is 340. The smallest absolute Gasteiger partial charge is 0.387 e. The molecule has 0 N–H and O–H groups in total. The first-order chi connectivity index (χ1) is 6.80. The highest BCUT2D eigenvalue weighted by Gasteiger charge is 2.15. The predicted molar refractivity (Wildman–Crippen MR) is 56.5 cm³/mol. The van der Waals surface area contributed by atoms with Crippen LogP contribution in [0.5, 0.6) is 5.75 Å². The zero-order valence-electron chi connectivity index (χ0n) is 9.47. The van der Waals surface area contributed by atoms with Gasteiger partial charge in [-0.25, -0.2) is 0 Å². The normalized spacial score (nSPS) is 11.9. The minimum atomic E-state index is -2.76. The van der Waals surface area contributed by atoms with Gasteiger partial charge in [-0.05, 0) is 29.5 Å². The van der Waals surface area contributed by atoms with Crippen LogP contribution in [-0.2, 0) is 5.41 Å². The van der Waals surface area contributed by atoms with E-state index in [0.29, 0.717) is 0 Å². The van der Waals surface area contributed by atoms with E-state index in [2.05, 4.69) is 25.5 Å². The summed E-state index contributed by atoms with van der Waals surface area (Å²) in [4.78, 5) is 0. The average Bonchev–Trinajstić information content (AvgIpc) is 2.05. The summed E-state index contributed by atoms with van der Waals surface area (Å²) in [6.45, 7) is 5.25. The van der Waals surface area contributed by atoms with E-state index in [0.717, 1.165) is 11.1 Å². The lowest BCUT2D eigenvalue weighted by molar-refractivity contribution is -0.0503. The molecule has 0 saturated carbocycles. The Kier molecular flexibility index (Phi) is 3.32. The Morgan fingerprint density at radius 3 is 2.20 bits per heavy atom. The van der Waals surface area contributed by atoms with Crippen LogP contribution in [0.1, 0.15) is 31.9 Å². The fourth-order valence-corrected chi connectivity index (χ4v) is 1.34. The van der Waals surface area contributed by atoms with E-state index >= 15 is 0 Å². The molecule has 0 atom stereocenters. The molecule has 1 aromatic carbocycles. The molecule has 0 amide bonds. The molecule has 1 nitrogen and oxygen atoms in total. The molecule has 15 heavy (non-hydrogen) atoms. The molecule has 1 aromatic rings. The molecule has 84 valence electrons. The standard InChI is InChI=1S/C12H16F2O/c1-8-7-9(12(2,3)4)5-6-10(8)15-11(13)14/h5-7,11H,1-4H3. The van der Waals surface area contributed by atoms with Crippen molar-refractivity contribution in [3.05, 3.63) is 29.3 Å². The molecule has 0 bridgehead atoms. The van der Waals surface area contributed by atoms with Gasteiger partial charge in [0.25, 0.3) is 0 Å². The van der Waals surface area contributed by atoms with Crippen LogP contribution in [0.3, 0.4) is 0 Å². The molecule has 0 saturated heterocycles. The third-order valence-corrected chi connectivity index (χ3v) is 2.26. The molecule has 0 heterocycles. The molecule has 1 rings (SSSR count). The van der Waals surface area contributed by atoms with Crippen LogP contribution in [0, 0.1) is 6.92 Å². The van der Waals surface area contributed by atoms with E-state index in [9.17, 15) is 8.78 Å². The second-order valence-corrected chi connectivity index (χ2v) is 4.61. The van der Waals surface area contributed by atoms with Crippen LogP contribution in [0.4, 0.5) is 8.78 Å². The van der Waals surface area contributed by atoms with Gasteiger partial charge in [-0.1, -0.05) is 32.9 Å². The fraction of sp³-hybridized carbons (Fsp3) is 0.500. The zero-order chi connectivity index (χ0) is 11.6. The topological polar surface area (TPSA) is 9.23 Å². The lowest BCUT2D eigenvalue weighted by atomic mass is 9.86. The molecule has 0 spiro atoms. The summed E-state index contributed by atoms with van der Waals surface area (Å²) in [5, 5.41) is 0. The maximum Gasteiger partial charge on any atom is 0.387 e. The van der Waals surface area contributed by atoms with Crippen LogP contribution in [0.25, 0.3) is 0 Å². The van der Waals surface area contributed by atoms with Crippen LogP contribution < -0.4 is 4.74 Å². The minimum absolute atomic E-state index is 0.0219. The van der Waals surface area contributed by atoms with E-state index in [4.69, 9.17) is 0 Å². The molecule has 0 fully saturated rings. The van der Waals surface area contributed by atoms with Crippen molar-refractivity contribution in [3.63, 3.8) is 0 Å². The Hall–Kier alpha value is -1.12. The summed E-state index contributed by atoms with van der Waals surface area (Å²) in [6, 6.07) is 5.31. The quantitative estimate of drug-likeness (QED) is 0.725. The molecule has 0 unspecified atom stereocenters. The number of benzene rings is 1. The van der Waals surface area contributed by atoms with E-state index in [1.165, 1.54) is 0 Å². The molecular formula is C12H16F2O. The molecule has 3 heteroatoms. The van der Waals surface area contributed by atoms with Gasteiger partial charge in [0.05, 0.1) is 0 Å². The van der Waals surface area contributed by atoms with Gasteiger partial charge in [-0.15, -0.1) is 0 Å². The second-order valence-electron chi connectivity index (χ2n) is 4.61. The lowest BCUT2D eigenvalue weighted by Gasteiger charge is -2.20. The minimum Gasteiger partial charge on any atom is -0.435 e. The lowest BCUT2D eigenvalue weighted by Crippen LogP contribution is -2.12. The summed E-state index contributed by atoms with van der Waals surface area (Å²) < 4.78 is 28.4. The first-order valence-corrected chi connectivity index (χ1v) is 4.86. The first kappa shape index (κ1) is 12.0. The van der Waals surface area contributed by atoms with Crippen molar-refractivity contribution in [2.75, 3.05) is 0 Å². The van der Waals surface area contributed by atoms with Crippen LogP contribution >= 0.6 is 0 Å². The van der Waals surface area contributed by atoms with Gasteiger partial charge in [-0.2, -0.15) is 8.78 Å². The summed E-state index contributed by atoms with van der Waals surface area (Å²) >= 11 is 0. The number of ether oxygens (including phenoxy) is 1. The van der Waals surface area contributed by atoms with Crippen molar-refractivity contribution in [2.24, 2.45) is 0 Å². The fourth-order valence-electron chi connectivity index (χ4n) is 1.34. The van der Waals surface area contributed by atoms with E-state index in [1.54, 1.807) is 13.0 Å². The number of alkyl halides is 2. The van der Waals surface area contributed by atoms with Gasteiger partial charge in [0.2, 0.25) is 0 Å². The van der Waals surface area contributed by atoms with Gasteiger partial charge in [0.1, 0.15) is 5.75 Å². The third-order valence-electron chi connectivity index (χ3n) is 2.26. The average molecular weight is 214 g/mol. The number of rotatable bonds is 2. The van der Waals surface area contributed by atoms with Crippen LogP contribution in [0.2, 0.25) is 0 Å². The number of hydrogen-bond acceptors (Lipinski definition) is 1. The highest BCUT2D eigenvalue weighted by Crippen LogP contribution is 2.28. The number of halogens is 2. The van der Waals surface area contributed by atoms with Crippen molar-refractivity contribution in [1.82, 2.24) is 0 Å². The second kappa shape index (κ2) is 4.17. The molecule has 0 aliphatic carbocycles. The maximum atomic E-state index is 12.0. The van der Waals surface area contributed by atoms with E-state index < -0.39 is 6.61 Å². The Labute approximate surface area is 89.1 Å². The van der Waals surface area contributed by atoms with E-state index in [-0.39, 0.29) is 11.2 Å². The highest BCUT2D eigenvalue weighted by atomic mass is 19.3. The highest BCUT2D eigenvalue weighted by molar-refractivity contribution is 5.38. The molecular weight excluding hydrogens is 198 g/mol. The van der Waals surface area contributed by atoms with Crippen LogP contribution in [-0.4, -0.2) is 6.61 Å². The third kappa shape index (κ3) is 3.18. The van der Waals surface area contributed by atoms with Crippen molar-refractivity contribution >= 4 is 0 Å². The van der Waals surface area contributed by atoms with Gasteiger partial charge < -0.3 is 4.74 Å². The maximum absolute atomic E-state index is 12.0. The molecule has 0 radical (unpaired) electrons. The molecule has 0 aromatic heterocycles. The SMILES string of the molecule is Cc1cc(C(C)(C)C)ccc1OC(F)F. The van der Waals surface area contributed by atoms with Crippen molar-refractivity contribution < 1.29 is 13.5 Å². The predicted octanol–water partition coefficient (Wildman–Crippen LogP) is 3.89. The number of hydrogen-bond donors (Lipinski definition) is 0. The van der Waals surface area contributed by atoms with E-state index in [1.807, 2.05) is 12.1 Å². The Morgan fingerprint density at radius 1 is 1.20 bits per heavy atom. The van der Waals surface area contributed by atoms with Crippen molar-refractivity contribution in [1.29, 1.82) is 0 Å². The summed E-state index contributed by atoms with van der Waals surface area (Å²) in [6.07, 6.45) is 0. The largest absolute Gasteiger partial charge is 0.435 e. The van der Waals surface area contributed by atoms with Crippen LogP contribution in [0.15, 0.2) is 18.2 Å². The molecule has 0 aliphatic rings. The van der Waals surface area contributed by atoms with Gasteiger partial charge in [0.15, 0.2) is 0 Å². The summed E-state index contributed by atoms with van der Waals surface area (Å²) in [5.74, 6) is 0.248.